The minimum absolute atomic E-state index is 0.443. The van der Waals surface area contributed by atoms with Crippen molar-refractivity contribution in [2.75, 3.05) is 11.2 Å². The largest absolute Gasteiger partial charge is 0.401 e. The first kappa shape index (κ1) is 21.7. The molecule has 3 nitrogen and oxygen atoms in total. The normalized spacial score (nSPS) is 10.9. The standard InChI is InChI=1S/C22H24N3P.C2H6/c23-19(18-25(24)20-10-4-1-5-11-20)16-17-26(21-12-6-2-7-13-21)22-14-8-3-9-15-22;1-2/h1-15,18H,16-17,23-24H2;1-2H3/b19-18-;. The molecule has 28 heavy (non-hydrogen) atoms. The Balaban J connectivity index is 0.00000136. The number of rotatable bonds is 7. The third kappa shape index (κ3) is 6.53. The first-order valence-corrected chi connectivity index (χ1v) is 11.2. The Kier molecular flexibility index (Phi) is 9.27. The van der Waals surface area contributed by atoms with Gasteiger partial charge in [-0.15, -0.1) is 0 Å². The molecule has 4 N–H and O–H groups in total. The molecule has 0 aliphatic rings. The van der Waals surface area contributed by atoms with E-state index in [4.69, 9.17) is 11.6 Å². The predicted molar refractivity (Wildman–Crippen MR) is 125 cm³/mol. The van der Waals surface area contributed by atoms with E-state index in [1.165, 1.54) is 10.6 Å². The van der Waals surface area contributed by atoms with Gasteiger partial charge in [0.1, 0.15) is 0 Å². The van der Waals surface area contributed by atoms with Gasteiger partial charge in [0.25, 0.3) is 0 Å². The molecular formula is C24H30N3P. The molecule has 0 heterocycles. The first-order chi connectivity index (χ1) is 13.7. The van der Waals surface area contributed by atoms with Gasteiger partial charge in [-0.2, -0.15) is 0 Å². The van der Waals surface area contributed by atoms with Crippen molar-refractivity contribution in [3.05, 3.63) is 103 Å². The molecule has 0 aliphatic heterocycles. The second-order valence-electron chi connectivity index (χ2n) is 6.02. The van der Waals surface area contributed by atoms with Crippen molar-refractivity contribution in [2.24, 2.45) is 11.6 Å². The van der Waals surface area contributed by atoms with E-state index in [1.54, 1.807) is 5.01 Å². The molecule has 0 amide bonds. The molecule has 3 aromatic rings. The van der Waals surface area contributed by atoms with E-state index >= 15 is 0 Å². The van der Waals surface area contributed by atoms with E-state index in [1.807, 2.05) is 50.4 Å². The van der Waals surface area contributed by atoms with Crippen LogP contribution in [0.15, 0.2) is 103 Å². The highest BCUT2D eigenvalue weighted by Gasteiger charge is 2.13. The van der Waals surface area contributed by atoms with Crippen molar-refractivity contribution >= 4 is 24.2 Å². The quantitative estimate of drug-likeness (QED) is 0.348. The molecule has 0 saturated carbocycles. The number of nitrogens with two attached hydrogens (primary N) is 2. The maximum absolute atomic E-state index is 6.27. The molecule has 0 spiro atoms. The van der Waals surface area contributed by atoms with E-state index in [0.717, 1.165) is 24.0 Å². The second-order valence-corrected chi connectivity index (χ2v) is 8.36. The summed E-state index contributed by atoms with van der Waals surface area (Å²) in [5.74, 6) is 6.11. The van der Waals surface area contributed by atoms with Crippen molar-refractivity contribution in [2.45, 2.75) is 20.3 Å². The SMILES string of the molecule is CC.N/C(=C\N(N)c1ccccc1)CCP(c1ccccc1)c1ccccc1. The third-order valence-corrected chi connectivity index (χ3v) is 6.63. The smallest absolute Gasteiger partial charge is 0.0568 e. The average Bonchev–Trinajstić information content (AvgIpc) is 2.77. The fourth-order valence-electron chi connectivity index (χ4n) is 2.78. The number of hydrogen-bond acceptors (Lipinski definition) is 3. The summed E-state index contributed by atoms with van der Waals surface area (Å²) in [5.41, 5.74) is 7.97. The van der Waals surface area contributed by atoms with Crippen LogP contribution in [0.5, 0.6) is 0 Å². The van der Waals surface area contributed by atoms with Gasteiger partial charge in [0, 0.05) is 11.9 Å². The number of allylic oxidation sites excluding steroid dienone is 1. The lowest BCUT2D eigenvalue weighted by Gasteiger charge is -2.20. The molecule has 0 fully saturated rings. The highest BCUT2D eigenvalue weighted by atomic mass is 31.1. The fraction of sp³-hybridized carbons (Fsp3) is 0.167. The number of benzene rings is 3. The van der Waals surface area contributed by atoms with Crippen molar-refractivity contribution in [1.82, 2.24) is 0 Å². The van der Waals surface area contributed by atoms with E-state index in [9.17, 15) is 0 Å². The van der Waals surface area contributed by atoms with E-state index < -0.39 is 7.92 Å². The van der Waals surface area contributed by atoms with Crippen molar-refractivity contribution in [1.29, 1.82) is 0 Å². The Morgan fingerprint density at radius 1 is 0.786 bits per heavy atom. The molecule has 0 saturated heterocycles. The van der Waals surface area contributed by atoms with Crippen LogP contribution >= 0.6 is 7.92 Å². The summed E-state index contributed by atoms with van der Waals surface area (Å²) >= 11 is 0. The Hall–Kier alpha value is -2.61. The van der Waals surface area contributed by atoms with Gasteiger partial charge in [-0.1, -0.05) is 92.7 Å². The van der Waals surface area contributed by atoms with Gasteiger partial charge in [-0.05, 0) is 43.2 Å². The minimum Gasteiger partial charge on any atom is -0.401 e. The number of para-hydroxylation sites is 1. The van der Waals surface area contributed by atoms with Crippen molar-refractivity contribution < 1.29 is 0 Å². The molecule has 3 rings (SSSR count). The fourth-order valence-corrected chi connectivity index (χ4v) is 5.14. The molecule has 0 aliphatic carbocycles. The summed E-state index contributed by atoms with van der Waals surface area (Å²) in [5, 5.41) is 4.33. The molecule has 0 unspecified atom stereocenters. The van der Waals surface area contributed by atoms with Crippen LogP contribution in [0.1, 0.15) is 20.3 Å². The van der Waals surface area contributed by atoms with Gasteiger partial charge in [-0.25, -0.2) is 5.84 Å². The van der Waals surface area contributed by atoms with Gasteiger partial charge in [0.2, 0.25) is 0 Å². The summed E-state index contributed by atoms with van der Waals surface area (Å²) in [4.78, 5) is 0. The maximum Gasteiger partial charge on any atom is 0.0568 e. The van der Waals surface area contributed by atoms with Crippen LogP contribution in [0.3, 0.4) is 0 Å². The van der Waals surface area contributed by atoms with Crippen LogP contribution < -0.4 is 27.2 Å². The van der Waals surface area contributed by atoms with Crippen LogP contribution in [-0.4, -0.2) is 6.16 Å². The van der Waals surface area contributed by atoms with Crippen LogP contribution in [0.2, 0.25) is 0 Å². The van der Waals surface area contributed by atoms with Crippen molar-refractivity contribution in [3.8, 4) is 0 Å². The summed E-state index contributed by atoms with van der Waals surface area (Å²) < 4.78 is 0. The minimum atomic E-state index is -0.443. The average molecular weight is 391 g/mol. The lowest BCUT2D eigenvalue weighted by atomic mass is 10.3. The monoisotopic (exact) mass is 391 g/mol. The van der Waals surface area contributed by atoms with Gasteiger partial charge < -0.3 is 5.73 Å². The summed E-state index contributed by atoms with van der Waals surface area (Å²) in [6.45, 7) is 4.00. The highest BCUT2D eigenvalue weighted by Crippen LogP contribution is 2.34. The van der Waals surface area contributed by atoms with Gasteiger partial charge in [0.05, 0.1) is 5.69 Å². The molecule has 4 heteroatoms. The predicted octanol–water partition coefficient (Wildman–Crippen LogP) is 4.72. The number of hydrazine groups is 1. The van der Waals surface area contributed by atoms with E-state index in [0.29, 0.717) is 0 Å². The number of nitrogens with zero attached hydrogens (tertiary/aromatic N) is 1. The van der Waals surface area contributed by atoms with E-state index in [-0.39, 0.29) is 0 Å². The summed E-state index contributed by atoms with van der Waals surface area (Å²) in [6, 6.07) is 31.2. The molecule has 146 valence electrons. The molecule has 0 radical (unpaired) electrons. The second kappa shape index (κ2) is 12.0. The molecular weight excluding hydrogens is 361 g/mol. The Bertz CT molecular complexity index is 781. The molecule has 0 bridgehead atoms. The van der Waals surface area contributed by atoms with Crippen molar-refractivity contribution in [3.63, 3.8) is 0 Å². The molecule has 0 atom stereocenters. The Labute approximate surface area is 170 Å². The topological polar surface area (TPSA) is 55.3 Å². The Morgan fingerprint density at radius 2 is 1.21 bits per heavy atom. The van der Waals surface area contributed by atoms with Gasteiger partial charge in [0.15, 0.2) is 0 Å². The molecule has 3 aromatic carbocycles. The zero-order valence-electron chi connectivity index (χ0n) is 16.7. The van der Waals surface area contributed by atoms with E-state index in [2.05, 4.69) is 60.7 Å². The first-order valence-electron chi connectivity index (χ1n) is 9.67. The summed E-state index contributed by atoms with van der Waals surface area (Å²) in [7, 11) is -0.443. The highest BCUT2D eigenvalue weighted by molar-refractivity contribution is 7.73. The van der Waals surface area contributed by atoms with Crippen LogP contribution in [0.4, 0.5) is 5.69 Å². The lowest BCUT2D eigenvalue weighted by molar-refractivity contribution is 0.999. The number of hydrogen-bond donors (Lipinski definition) is 2. The zero-order chi connectivity index (χ0) is 20.2. The molecule has 0 aromatic heterocycles. The third-order valence-electron chi connectivity index (χ3n) is 4.12. The maximum atomic E-state index is 6.27. The van der Waals surface area contributed by atoms with Gasteiger partial charge >= 0.3 is 0 Å². The lowest BCUT2D eigenvalue weighted by Crippen LogP contribution is -2.26. The zero-order valence-corrected chi connectivity index (χ0v) is 17.6. The number of anilines is 1. The summed E-state index contributed by atoms with van der Waals surface area (Å²) in [6.07, 6.45) is 3.61. The Morgan fingerprint density at radius 3 is 1.68 bits per heavy atom. The van der Waals surface area contributed by atoms with Crippen LogP contribution in [0.25, 0.3) is 0 Å². The van der Waals surface area contributed by atoms with Crippen LogP contribution in [0, 0.1) is 0 Å². The van der Waals surface area contributed by atoms with Gasteiger partial charge in [-0.3, -0.25) is 5.01 Å². The van der Waals surface area contributed by atoms with Crippen LogP contribution in [-0.2, 0) is 0 Å².